The molecule has 0 spiro atoms. The van der Waals surface area contributed by atoms with Crippen LogP contribution in [0.2, 0.25) is 0 Å². The van der Waals surface area contributed by atoms with Crippen molar-refractivity contribution in [3.63, 3.8) is 0 Å². The maximum absolute atomic E-state index is 12.7. The van der Waals surface area contributed by atoms with E-state index in [1.807, 2.05) is 6.92 Å². The Morgan fingerprint density at radius 1 is 1.17 bits per heavy atom. The van der Waals surface area contributed by atoms with Crippen molar-refractivity contribution in [3.05, 3.63) is 0 Å². The Bertz CT molecular complexity index is 363. The minimum absolute atomic E-state index is 0.0529. The Morgan fingerprint density at radius 2 is 1.83 bits per heavy atom. The van der Waals surface area contributed by atoms with E-state index in [-0.39, 0.29) is 16.7 Å². The molecule has 1 aliphatic carbocycles. The first-order chi connectivity index (χ1) is 8.51. The summed E-state index contributed by atoms with van der Waals surface area (Å²) in [5, 5.41) is -0.0744. The third kappa shape index (κ3) is 3.20. The molecule has 0 radical (unpaired) electrons. The quantitative estimate of drug-likeness (QED) is 0.747. The number of sulfonamides is 1. The van der Waals surface area contributed by atoms with Crippen LogP contribution in [0.5, 0.6) is 0 Å². The van der Waals surface area contributed by atoms with Gasteiger partial charge in [-0.2, -0.15) is 4.31 Å². The van der Waals surface area contributed by atoms with Gasteiger partial charge in [0.15, 0.2) is 0 Å². The average molecular weight is 294 g/mol. The standard InChI is InChI=1S/C13H24ClNO2S/c1-11(14)10-12-6-5-9-15(12)18(16,17)13-7-3-2-4-8-13/h11-13H,2-10H2,1H3. The monoisotopic (exact) mass is 293 g/mol. The molecule has 106 valence electrons. The first kappa shape index (κ1) is 14.6. The number of alkyl halides is 1. The molecule has 18 heavy (non-hydrogen) atoms. The molecule has 1 saturated heterocycles. The van der Waals surface area contributed by atoms with E-state index in [2.05, 4.69) is 0 Å². The van der Waals surface area contributed by atoms with Gasteiger partial charge < -0.3 is 0 Å². The third-order valence-electron chi connectivity index (χ3n) is 4.22. The number of hydrogen-bond donors (Lipinski definition) is 0. The fourth-order valence-corrected chi connectivity index (χ4v) is 5.82. The fourth-order valence-electron chi connectivity index (χ4n) is 3.31. The second-order valence-corrected chi connectivity index (χ2v) is 8.64. The van der Waals surface area contributed by atoms with Gasteiger partial charge in [-0.05, 0) is 39.0 Å². The summed E-state index contributed by atoms with van der Waals surface area (Å²) in [6.07, 6.45) is 7.76. The van der Waals surface area contributed by atoms with E-state index in [1.165, 1.54) is 6.42 Å². The van der Waals surface area contributed by atoms with Crippen molar-refractivity contribution in [2.75, 3.05) is 6.54 Å². The summed E-state index contributed by atoms with van der Waals surface area (Å²) in [6.45, 7) is 2.65. The molecule has 2 unspecified atom stereocenters. The molecule has 2 aliphatic rings. The van der Waals surface area contributed by atoms with Gasteiger partial charge in [-0.25, -0.2) is 8.42 Å². The van der Waals surface area contributed by atoms with Gasteiger partial charge in [-0.15, -0.1) is 11.6 Å². The van der Waals surface area contributed by atoms with Crippen LogP contribution in [-0.2, 0) is 10.0 Å². The predicted molar refractivity (Wildman–Crippen MR) is 75.5 cm³/mol. The van der Waals surface area contributed by atoms with Gasteiger partial charge in [0.1, 0.15) is 0 Å². The molecule has 3 nitrogen and oxygen atoms in total. The first-order valence-electron chi connectivity index (χ1n) is 7.16. The van der Waals surface area contributed by atoms with E-state index in [0.29, 0.717) is 6.54 Å². The number of halogens is 1. The Kier molecular flexibility index (Phi) is 4.95. The van der Waals surface area contributed by atoms with Gasteiger partial charge in [-0.1, -0.05) is 19.3 Å². The number of hydrogen-bond acceptors (Lipinski definition) is 2. The molecule has 0 amide bonds. The zero-order valence-corrected chi connectivity index (χ0v) is 12.7. The topological polar surface area (TPSA) is 37.4 Å². The molecule has 2 rings (SSSR count). The van der Waals surface area contributed by atoms with E-state index >= 15 is 0 Å². The lowest BCUT2D eigenvalue weighted by Gasteiger charge is -2.31. The van der Waals surface area contributed by atoms with Crippen LogP contribution in [0, 0.1) is 0 Å². The number of nitrogens with zero attached hydrogens (tertiary/aromatic N) is 1. The molecule has 0 aromatic heterocycles. The number of rotatable bonds is 4. The molecule has 2 fully saturated rings. The summed E-state index contributed by atoms with van der Waals surface area (Å²) in [5.74, 6) is 0. The van der Waals surface area contributed by atoms with Crippen molar-refractivity contribution < 1.29 is 8.42 Å². The Balaban J connectivity index is 2.07. The van der Waals surface area contributed by atoms with Gasteiger partial charge in [0.2, 0.25) is 10.0 Å². The molecule has 0 bridgehead atoms. The van der Waals surface area contributed by atoms with Gasteiger partial charge in [0, 0.05) is 18.0 Å². The lowest BCUT2D eigenvalue weighted by atomic mass is 10.0. The smallest absolute Gasteiger partial charge is 0.212 e. The van der Waals surface area contributed by atoms with Crippen LogP contribution in [0.25, 0.3) is 0 Å². The van der Waals surface area contributed by atoms with Crippen LogP contribution in [0.1, 0.15) is 58.3 Å². The first-order valence-corrected chi connectivity index (χ1v) is 9.10. The lowest BCUT2D eigenvalue weighted by molar-refractivity contribution is 0.354. The molecule has 0 aromatic rings. The SMILES string of the molecule is CC(Cl)CC1CCCN1S(=O)(=O)C1CCCCC1. The van der Waals surface area contributed by atoms with Gasteiger partial charge in [0.25, 0.3) is 0 Å². The Labute approximate surface area is 116 Å². The Hall–Kier alpha value is 0.200. The molecule has 2 atom stereocenters. The summed E-state index contributed by atoms with van der Waals surface area (Å²) in [7, 11) is -3.08. The zero-order chi connectivity index (χ0) is 13.2. The lowest BCUT2D eigenvalue weighted by Crippen LogP contribution is -2.43. The molecule has 0 aromatic carbocycles. The highest BCUT2D eigenvalue weighted by molar-refractivity contribution is 7.89. The van der Waals surface area contributed by atoms with Gasteiger partial charge >= 0.3 is 0 Å². The summed E-state index contributed by atoms with van der Waals surface area (Å²) in [4.78, 5) is 0. The van der Waals surface area contributed by atoms with Crippen LogP contribution in [0.15, 0.2) is 0 Å². The highest BCUT2D eigenvalue weighted by Gasteiger charge is 2.39. The Morgan fingerprint density at radius 3 is 2.44 bits per heavy atom. The third-order valence-corrected chi connectivity index (χ3v) is 6.85. The fraction of sp³-hybridized carbons (Fsp3) is 1.00. The second-order valence-electron chi connectivity index (χ2n) is 5.73. The van der Waals surface area contributed by atoms with Crippen LogP contribution in [0.4, 0.5) is 0 Å². The van der Waals surface area contributed by atoms with Crippen molar-refractivity contribution in [1.82, 2.24) is 4.31 Å². The van der Waals surface area contributed by atoms with E-state index in [9.17, 15) is 8.42 Å². The molecule has 1 saturated carbocycles. The second kappa shape index (κ2) is 6.10. The molecule has 5 heteroatoms. The summed E-state index contributed by atoms with van der Waals surface area (Å²) in [5.41, 5.74) is 0. The van der Waals surface area contributed by atoms with Crippen molar-refractivity contribution in [2.45, 2.75) is 75.0 Å². The van der Waals surface area contributed by atoms with Crippen molar-refractivity contribution >= 4 is 21.6 Å². The largest absolute Gasteiger partial charge is 0.217 e. The van der Waals surface area contributed by atoms with Crippen molar-refractivity contribution in [3.8, 4) is 0 Å². The van der Waals surface area contributed by atoms with Crippen LogP contribution < -0.4 is 0 Å². The van der Waals surface area contributed by atoms with Crippen molar-refractivity contribution in [2.24, 2.45) is 0 Å². The van der Waals surface area contributed by atoms with Crippen LogP contribution in [0.3, 0.4) is 0 Å². The maximum atomic E-state index is 12.7. The molecular weight excluding hydrogens is 270 g/mol. The minimum atomic E-state index is -3.08. The minimum Gasteiger partial charge on any atom is -0.212 e. The molecule has 1 aliphatic heterocycles. The van der Waals surface area contributed by atoms with Crippen LogP contribution in [-0.4, -0.2) is 35.9 Å². The molecule has 1 heterocycles. The van der Waals surface area contributed by atoms with E-state index in [1.54, 1.807) is 4.31 Å². The zero-order valence-electron chi connectivity index (χ0n) is 11.1. The highest BCUT2D eigenvalue weighted by Crippen LogP contribution is 2.32. The van der Waals surface area contributed by atoms with E-state index in [0.717, 1.165) is 44.9 Å². The van der Waals surface area contributed by atoms with E-state index in [4.69, 9.17) is 11.6 Å². The molecule has 0 N–H and O–H groups in total. The average Bonchev–Trinajstić information content (AvgIpc) is 2.78. The maximum Gasteiger partial charge on any atom is 0.217 e. The predicted octanol–water partition coefficient (Wildman–Crippen LogP) is 3.13. The highest BCUT2D eigenvalue weighted by atomic mass is 35.5. The van der Waals surface area contributed by atoms with E-state index < -0.39 is 10.0 Å². The summed E-state index contributed by atoms with van der Waals surface area (Å²) >= 11 is 6.04. The molecular formula is C13H24ClNO2S. The van der Waals surface area contributed by atoms with Gasteiger partial charge in [0.05, 0.1) is 5.25 Å². The van der Waals surface area contributed by atoms with Crippen LogP contribution >= 0.6 is 11.6 Å². The van der Waals surface area contributed by atoms with Gasteiger partial charge in [-0.3, -0.25) is 0 Å². The summed E-state index contributed by atoms with van der Waals surface area (Å²) in [6, 6.07) is 0.143. The van der Waals surface area contributed by atoms with Crippen molar-refractivity contribution in [1.29, 1.82) is 0 Å². The normalized spacial score (nSPS) is 29.6. The summed E-state index contributed by atoms with van der Waals surface area (Å²) < 4.78 is 27.1.